The molecule has 0 saturated carbocycles. The van der Waals surface area contributed by atoms with Crippen LogP contribution < -0.4 is 5.73 Å². The highest BCUT2D eigenvalue weighted by molar-refractivity contribution is 5.92. The molecule has 0 aliphatic heterocycles. The maximum Gasteiger partial charge on any atom is 0.159 e. The van der Waals surface area contributed by atoms with Crippen LogP contribution in [-0.4, -0.2) is 9.61 Å². The van der Waals surface area contributed by atoms with Crippen molar-refractivity contribution >= 4 is 16.5 Å². The Kier molecular flexibility index (Phi) is 1.72. The van der Waals surface area contributed by atoms with Gasteiger partial charge >= 0.3 is 0 Å². The first kappa shape index (κ1) is 8.95. The summed E-state index contributed by atoms with van der Waals surface area (Å²) in [6, 6.07) is 5.08. The first-order valence-electron chi connectivity index (χ1n) is 4.80. The molecular weight excluding hydrogens is 204 g/mol. The maximum absolute atomic E-state index is 8.85. The van der Waals surface area contributed by atoms with Crippen LogP contribution in [0.5, 0.6) is 0 Å². The van der Waals surface area contributed by atoms with Gasteiger partial charge in [-0.1, -0.05) is 0 Å². The molecule has 0 amide bonds. The second kappa shape index (κ2) is 3.08. The fourth-order valence-electron chi connectivity index (χ4n) is 1.81. The van der Waals surface area contributed by atoms with Crippen LogP contribution in [0.15, 0.2) is 35.2 Å². The molecule has 3 aromatic rings. The number of fused-ring (bicyclic) bond motifs is 3. The Bertz CT molecular complexity index is 703. The van der Waals surface area contributed by atoms with Crippen molar-refractivity contribution in [3.63, 3.8) is 0 Å². The van der Waals surface area contributed by atoms with E-state index in [1.54, 1.807) is 17.0 Å². The summed E-state index contributed by atoms with van der Waals surface area (Å²) in [5.41, 5.74) is 7.86. The van der Waals surface area contributed by atoms with E-state index in [1.165, 1.54) is 0 Å². The van der Waals surface area contributed by atoms with Gasteiger partial charge < -0.3 is 10.2 Å². The lowest BCUT2D eigenvalue weighted by molar-refractivity contribution is 0.616. The summed E-state index contributed by atoms with van der Waals surface area (Å²) in [4.78, 5) is 0. The van der Waals surface area contributed by atoms with Gasteiger partial charge in [0.15, 0.2) is 5.58 Å². The lowest BCUT2D eigenvalue weighted by Crippen LogP contribution is -2.06. The topological polar surface area (TPSA) is 80.2 Å². The molecule has 3 heterocycles. The quantitative estimate of drug-likeness (QED) is 0.664. The molecule has 1 atom stereocenters. The van der Waals surface area contributed by atoms with Crippen molar-refractivity contribution in [2.45, 2.75) is 6.04 Å². The molecule has 1 unspecified atom stereocenters. The van der Waals surface area contributed by atoms with E-state index in [0.29, 0.717) is 11.1 Å². The average molecular weight is 212 g/mol. The number of pyridine rings is 1. The Morgan fingerprint density at radius 1 is 1.50 bits per heavy atom. The molecule has 5 heteroatoms. The monoisotopic (exact) mass is 212 g/mol. The van der Waals surface area contributed by atoms with Crippen molar-refractivity contribution in [1.29, 1.82) is 5.26 Å². The van der Waals surface area contributed by atoms with Crippen LogP contribution in [0.4, 0.5) is 0 Å². The molecule has 0 bridgehead atoms. The Balaban J connectivity index is 2.47. The van der Waals surface area contributed by atoms with Gasteiger partial charge in [-0.05, 0) is 12.1 Å². The first-order valence-corrected chi connectivity index (χ1v) is 4.80. The van der Waals surface area contributed by atoms with Crippen molar-refractivity contribution in [3.05, 3.63) is 36.4 Å². The summed E-state index contributed by atoms with van der Waals surface area (Å²) < 4.78 is 7.06. The number of nitrogens with two attached hydrogens (primary N) is 1. The zero-order valence-electron chi connectivity index (χ0n) is 8.29. The van der Waals surface area contributed by atoms with Gasteiger partial charge in [0, 0.05) is 17.1 Å². The Morgan fingerprint density at radius 2 is 2.38 bits per heavy atom. The molecule has 78 valence electrons. The number of nitrogens with zero attached hydrogens (tertiary/aromatic N) is 3. The molecule has 0 aliphatic rings. The van der Waals surface area contributed by atoms with Crippen LogP contribution in [0, 0.1) is 11.3 Å². The zero-order chi connectivity index (χ0) is 11.1. The van der Waals surface area contributed by atoms with Gasteiger partial charge in [0.1, 0.15) is 11.6 Å². The maximum atomic E-state index is 8.85. The Hall–Kier alpha value is -2.32. The minimum absolute atomic E-state index is 0.683. The van der Waals surface area contributed by atoms with Gasteiger partial charge in [-0.3, -0.25) is 0 Å². The number of nitriles is 1. The normalized spacial score (nSPS) is 13.0. The van der Waals surface area contributed by atoms with E-state index in [4.69, 9.17) is 15.4 Å². The van der Waals surface area contributed by atoms with Crippen LogP contribution in [0.1, 0.15) is 11.6 Å². The van der Waals surface area contributed by atoms with Gasteiger partial charge in [-0.15, -0.1) is 0 Å². The zero-order valence-corrected chi connectivity index (χ0v) is 8.29. The average Bonchev–Trinajstić information content (AvgIpc) is 2.92. The third kappa shape index (κ3) is 1.05. The number of rotatable bonds is 1. The standard InChI is InChI=1S/C11H8N4O/c12-5-9(13)8-6-14-15-3-1-7-2-4-16-11(7)10(8)15/h1-4,6,9H,13H2. The molecule has 0 fully saturated rings. The van der Waals surface area contributed by atoms with Gasteiger partial charge in [0.2, 0.25) is 0 Å². The minimum Gasteiger partial charge on any atom is -0.462 e. The fourth-order valence-corrected chi connectivity index (χ4v) is 1.81. The molecular formula is C11H8N4O. The molecule has 5 nitrogen and oxygen atoms in total. The Labute approximate surface area is 90.7 Å². The van der Waals surface area contributed by atoms with E-state index in [-0.39, 0.29) is 0 Å². The van der Waals surface area contributed by atoms with E-state index in [2.05, 4.69) is 5.10 Å². The van der Waals surface area contributed by atoms with Crippen molar-refractivity contribution < 1.29 is 4.42 Å². The van der Waals surface area contributed by atoms with E-state index in [0.717, 1.165) is 10.9 Å². The first-order chi connectivity index (χ1) is 7.81. The second-order valence-electron chi connectivity index (χ2n) is 3.52. The lowest BCUT2D eigenvalue weighted by atomic mass is 10.1. The smallest absolute Gasteiger partial charge is 0.159 e. The van der Waals surface area contributed by atoms with E-state index in [1.807, 2.05) is 24.4 Å². The van der Waals surface area contributed by atoms with Crippen LogP contribution >= 0.6 is 0 Å². The molecule has 3 aromatic heterocycles. The highest BCUT2D eigenvalue weighted by Gasteiger charge is 2.15. The predicted molar refractivity (Wildman–Crippen MR) is 57.5 cm³/mol. The van der Waals surface area contributed by atoms with Crippen molar-refractivity contribution in [3.8, 4) is 6.07 Å². The molecule has 3 rings (SSSR count). The predicted octanol–water partition coefficient (Wildman–Crippen LogP) is 1.60. The molecule has 2 N–H and O–H groups in total. The van der Waals surface area contributed by atoms with Gasteiger partial charge in [0.05, 0.1) is 18.5 Å². The number of hydrogen-bond donors (Lipinski definition) is 1. The van der Waals surface area contributed by atoms with Gasteiger partial charge in [0.25, 0.3) is 0 Å². The molecule has 16 heavy (non-hydrogen) atoms. The molecule has 0 aliphatic carbocycles. The van der Waals surface area contributed by atoms with Gasteiger partial charge in [-0.25, -0.2) is 4.52 Å². The largest absolute Gasteiger partial charge is 0.462 e. The van der Waals surface area contributed by atoms with Crippen molar-refractivity contribution in [2.24, 2.45) is 5.73 Å². The van der Waals surface area contributed by atoms with Crippen LogP contribution in [-0.2, 0) is 0 Å². The van der Waals surface area contributed by atoms with E-state index in [9.17, 15) is 0 Å². The molecule has 0 saturated heterocycles. The summed E-state index contributed by atoms with van der Waals surface area (Å²) in [5.74, 6) is 0. The van der Waals surface area contributed by atoms with Crippen LogP contribution in [0.25, 0.3) is 16.5 Å². The molecule has 0 spiro atoms. The SMILES string of the molecule is N#CC(N)c1cnn2ccc3ccoc3c12. The summed E-state index contributed by atoms with van der Waals surface area (Å²) in [7, 11) is 0. The third-order valence-electron chi connectivity index (χ3n) is 2.60. The number of hydrogen-bond acceptors (Lipinski definition) is 4. The highest BCUT2D eigenvalue weighted by atomic mass is 16.3. The molecule has 0 radical (unpaired) electrons. The number of furan rings is 1. The molecule has 0 aromatic carbocycles. The number of aromatic nitrogens is 2. The second-order valence-corrected chi connectivity index (χ2v) is 3.52. The van der Waals surface area contributed by atoms with Crippen molar-refractivity contribution in [1.82, 2.24) is 9.61 Å². The summed E-state index contributed by atoms with van der Waals surface area (Å²) >= 11 is 0. The van der Waals surface area contributed by atoms with Crippen LogP contribution in [0.3, 0.4) is 0 Å². The summed E-state index contributed by atoms with van der Waals surface area (Å²) in [5, 5.41) is 14.0. The van der Waals surface area contributed by atoms with Crippen molar-refractivity contribution in [2.75, 3.05) is 0 Å². The van der Waals surface area contributed by atoms with E-state index < -0.39 is 6.04 Å². The lowest BCUT2D eigenvalue weighted by Gasteiger charge is -2.00. The third-order valence-corrected chi connectivity index (χ3v) is 2.60. The van der Waals surface area contributed by atoms with Gasteiger partial charge in [-0.2, -0.15) is 10.4 Å². The van der Waals surface area contributed by atoms with E-state index >= 15 is 0 Å². The summed E-state index contributed by atoms with van der Waals surface area (Å²) in [6.07, 6.45) is 5.03. The fraction of sp³-hybridized carbons (Fsp3) is 0.0909. The summed E-state index contributed by atoms with van der Waals surface area (Å²) in [6.45, 7) is 0. The van der Waals surface area contributed by atoms with Crippen LogP contribution in [0.2, 0.25) is 0 Å². The Morgan fingerprint density at radius 3 is 3.19 bits per heavy atom. The minimum atomic E-state index is -0.687. The highest BCUT2D eigenvalue weighted by Crippen LogP contribution is 2.26.